The summed E-state index contributed by atoms with van der Waals surface area (Å²) in [6, 6.07) is 0. The second-order valence-electron chi connectivity index (χ2n) is 1.29. The molecule has 1 nitrogen and oxygen atoms in total. The van der Waals surface area contributed by atoms with Gasteiger partial charge in [0.05, 0.1) is 6.10 Å². The first kappa shape index (κ1) is 3.09. The fourth-order valence-electron chi connectivity index (χ4n) is 0.157. The Kier molecular flexibility index (Phi) is 0.580. The van der Waals surface area contributed by atoms with Gasteiger partial charge in [-0.05, 0) is 17.4 Å². The van der Waals surface area contributed by atoms with Gasteiger partial charge in [0.15, 0.2) is 0 Å². The molecule has 0 bridgehead atoms. The molecular formula is C3H5FO. The van der Waals surface area contributed by atoms with E-state index in [1.807, 2.05) is 0 Å². The maximum Gasteiger partial charge on any atom is 0.0985 e. The zero-order valence-corrected chi connectivity index (χ0v) is 2.78. The van der Waals surface area contributed by atoms with E-state index in [1.165, 1.54) is 0 Å². The van der Waals surface area contributed by atoms with Crippen molar-refractivity contribution in [1.29, 1.82) is 0 Å². The van der Waals surface area contributed by atoms with E-state index in [0.717, 1.165) is 12.8 Å². The summed E-state index contributed by atoms with van der Waals surface area (Å²) in [7, 11) is 0. The molecule has 0 heterocycles. The molecule has 0 aromatic heterocycles. The van der Waals surface area contributed by atoms with Crippen molar-refractivity contribution in [1.82, 2.24) is 0 Å². The van der Waals surface area contributed by atoms with E-state index >= 15 is 0 Å². The molecule has 1 saturated carbocycles. The van der Waals surface area contributed by atoms with Crippen molar-refractivity contribution < 1.29 is 9.47 Å². The van der Waals surface area contributed by atoms with E-state index in [0.29, 0.717) is 0 Å². The van der Waals surface area contributed by atoms with Crippen molar-refractivity contribution in [2.45, 2.75) is 18.9 Å². The van der Waals surface area contributed by atoms with E-state index in [-0.39, 0.29) is 6.10 Å². The van der Waals surface area contributed by atoms with Crippen LogP contribution in [0.4, 0.5) is 4.53 Å². The van der Waals surface area contributed by atoms with Crippen molar-refractivity contribution in [3.8, 4) is 0 Å². The molecule has 1 aliphatic rings. The lowest BCUT2D eigenvalue weighted by Gasteiger charge is -1.72. The van der Waals surface area contributed by atoms with Crippen LogP contribution in [0.2, 0.25) is 0 Å². The molecular weight excluding hydrogens is 71.0 g/mol. The topological polar surface area (TPSA) is 9.23 Å². The smallest absolute Gasteiger partial charge is 0.0985 e. The molecule has 0 amide bonds. The van der Waals surface area contributed by atoms with Crippen LogP contribution in [0.25, 0.3) is 0 Å². The van der Waals surface area contributed by atoms with E-state index < -0.39 is 0 Å². The van der Waals surface area contributed by atoms with E-state index in [9.17, 15) is 4.53 Å². The van der Waals surface area contributed by atoms with Crippen LogP contribution in [0, 0.1) is 0 Å². The van der Waals surface area contributed by atoms with Crippen LogP contribution in [0.15, 0.2) is 0 Å². The van der Waals surface area contributed by atoms with Gasteiger partial charge in [0.1, 0.15) is 0 Å². The zero-order chi connectivity index (χ0) is 3.70. The quantitative estimate of drug-likeness (QED) is 0.453. The molecule has 30 valence electrons. The lowest BCUT2D eigenvalue weighted by atomic mass is 10.9. The number of hydrogen-bond acceptors (Lipinski definition) is 1. The van der Waals surface area contributed by atoms with Gasteiger partial charge in [0.25, 0.3) is 0 Å². The summed E-state index contributed by atoms with van der Waals surface area (Å²) in [6.07, 6.45) is 1.79. The summed E-state index contributed by atoms with van der Waals surface area (Å²) in [5, 5.41) is 0. The molecule has 1 rings (SSSR count). The van der Waals surface area contributed by atoms with Gasteiger partial charge < -0.3 is 0 Å². The Labute approximate surface area is 29.6 Å². The van der Waals surface area contributed by atoms with Crippen LogP contribution in [0.5, 0.6) is 0 Å². The summed E-state index contributed by atoms with van der Waals surface area (Å²) in [6.45, 7) is 0. The van der Waals surface area contributed by atoms with Gasteiger partial charge in [0.2, 0.25) is 0 Å². The molecule has 0 aromatic rings. The van der Waals surface area contributed by atoms with E-state index in [4.69, 9.17) is 0 Å². The Bertz CT molecular complexity index is 33.9. The third-order valence-electron chi connectivity index (χ3n) is 0.650. The monoisotopic (exact) mass is 76.0 g/mol. The van der Waals surface area contributed by atoms with Crippen molar-refractivity contribution in [3.63, 3.8) is 0 Å². The summed E-state index contributed by atoms with van der Waals surface area (Å²) >= 11 is 0. The summed E-state index contributed by atoms with van der Waals surface area (Å²) < 4.78 is 10.7. The third-order valence-corrected chi connectivity index (χ3v) is 0.650. The first-order chi connectivity index (χ1) is 2.43. The first-order valence-corrected chi connectivity index (χ1v) is 1.71. The fourth-order valence-corrected chi connectivity index (χ4v) is 0.157. The highest BCUT2D eigenvalue weighted by Crippen LogP contribution is 2.22. The zero-order valence-electron chi connectivity index (χ0n) is 2.78. The molecule has 0 unspecified atom stereocenters. The fraction of sp³-hybridized carbons (Fsp3) is 1.00. The molecule has 0 spiro atoms. The summed E-state index contributed by atoms with van der Waals surface area (Å²) in [5.41, 5.74) is 0. The molecule has 5 heavy (non-hydrogen) atoms. The Morgan fingerprint density at radius 1 is 1.60 bits per heavy atom. The van der Waals surface area contributed by atoms with E-state index in [1.54, 1.807) is 0 Å². The number of rotatable bonds is 1. The molecule has 2 heteroatoms. The van der Waals surface area contributed by atoms with Crippen molar-refractivity contribution in [2.75, 3.05) is 0 Å². The van der Waals surface area contributed by atoms with Crippen LogP contribution in [-0.2, 0) is 4.94 Å². The van der Waals surface area contributed by atoms with Crippen molar-refractivity contribution >= 4 is 0 Å². The first-order valence-electron chi connectivity index (χ1n) is 1.71. The molecule has 0 radical (unpaired) electrons. The number of halogens is 1. The standard InChI is InChI=1S/C3H5FO/c4-5-3-1-2-3/h3H,1-2H2. The van der Waals surface area contributed by atoms with Gasteiger partial charge in [-0.2, -0.15) is 4.94 Å². The number of hydrogen-bond donors (Lipinski definition) is 0. The maximum atomic E-state index is 10.7. The van der Waals surface area contributed by atoms with Crippen LogP contribution in [0.1, 0.15) is 12.8 Å². The Morgan fingerprint density at radius 2 is 2.20 bits per heavy atom. The van der Waals surface area contributed by atoms with Gasteiger partial charge in [-0.3, -0.25) is 0 Å². The maximum absolute atomic E-state index is 10.7. The van der Waals surface area contributed by atoms with Gasteiger partial charge in [-0.1, -0.05) is 0 Å². The molecule has 0 aromatic carbocycles. The Morgan fingerprint density at radius 3 is 2.20 bits per heavy atom. The minimum atomic E-state index is -0.0324. The molecule has 1 fully saturated rings. The second-order valence-corrected chi connectivity index (χ2v) is 1.29. The minimum Gasteiger partial charge on any atom is -0.191 e. The van der Waals surface area contributed by atoms with Crippen LogP contribution in [-0.4, -0.2) is 6.10 Å². The molecule has 0 N–H and O–H groups in total. The lowest BCUT2D eigenvalue weighted by molar-refractivity contribution is -0.143. The predicted octanol–water partition coefficient (Wildman–Crippen LogP) is 1.05. The van der Waals surface area contributed by atoms with Gasteiger partial charge in [-0.15, -0.1) is 0 Å². The summed E-state index contributed by atoms with van der Waals surface area (Å²) in [4.78, 5) is 3.36. The van der Waals surface area contributed by atoms with E-state index in [2.05, 4.69) is 4.94 Å². The van der Waals surface area contributed by atoms with Crippen LogP contribution >= 0.6 is 0 Å². The van der Waals surface area contributed by atoms with Gasteiger partial charge in [-0.25, -0.2) is 0 Å². The van der Waals surface area contributed by atoms with Crippen molar-refractivity contribution in [2.24, 2.45) is 0 Å². The highest BCUT2D eigenvalue weighted by Gasteiger charge is 2.22. The molecule has 1 aliphatic carbocycles. The van der Waals surface area contributed by atoms with Crippen molar-refractivity contribution in [3.05, 3.63) is 0 Å². The highest BCUT2D eigenvalue weighted by atomic mass is 19.3. The minimum absolute atomic E-state index is 0.0324. The average Bonchev–Trinajstić information content (AvgIpc) is 2.12. The largest absolute Gasteiger partial charge is 0.191 e. The van der Waals surface area contributed by atoms with Gasteiger partial charge >= 0.3 is 0 Å². The molecule has 0 aliphatic heterocycles. The lowest BCUT2D eigenvalue weighted by Crippen LogP contribution is -1.73. The SMILES string of the molecule is FOC1CC1. The highest BCUT2D eigenvalue weighted by molar-refractivity contribution is 4.70. The third kappa shape index (κ3) is 0.581. The normalized spacial score (nSPS) is 23.4. The molecule has 0 saturated heterocycles. The Balaban J connectivity index is 2.00. The van der Waals surface area contributed by atoms with Crippen LogP contribution < -0.4 is 0 Å². The average molecular weight is 76.1 g/mol. The summed E-state index contributed by atoms with van der Waals surface area (Å²) in [5.74, 6) is 0. The molecule has 0 atom stereocenters. The Hall–Kier alpha value is -0.110. The second kappa shape index (κ2) is 0.937. The van der Waals surface area contributed by atoms with Crippen LogP contribution in [0.3, 0.4) is 0 Å². The predicted molar refractivity (Wildman–Crippen MR) is 15.2 cm³/mol. The van der Waals surface area contributed by atoms with Gasteiger partial charge in [0, 0.05) is 0 Å².